The number of amides is 4. The minimum absolute atomic E-state index is 0.0348. The molecule has 71 heavy (non-hydrogen) atoms. The number of imidazole rings is 2. The number of rotatable bonds is 12. The van der Waals surface area contributed by atoms with Crippen molar-refractivity contribution in [2.24, 2.45) is 23.3 Å². The molecule has 0 bridgehead atoms. The molecule has 6 heterocycles. The van der Waals surface area contributed by atoms with Gasteiger partial charge in [-0.05, 0) is 161 Å². The Hall–Kier alpha value is -7.68. The van der Waals surface area contributed by atoms with E-state index >= 15 is 0 Å². The fourth-order valence-corrected chi connectivity index (χ4v) is 11.1. The predicted molar refractivity (Wildman–Crippen MR) is 269 cm³/mol. The number of primary amides is 2. The van der Waals surface area contributed by atoms with Crippen molar-refractivity contribution < 1.29 is 33.4 Å². The van der Waals surface area contributed by atoms with E-state index in [-0.39, 0.29) is 23.8 Å². The van der Waals surface area contributed by atoms with E-state index in [2.05, 4.69) is 6.58 Å². The van der Waals surface area contributed by atoms with Crippen LogP contribution in [0.2, 0.25) is 0 Å². The van der Waals surface area contributed by atoms with Gasteiger partial charge in [-0.3, -0.25) is 14.4 Å². The Labute approximate surface area is 413 Å². The number of fused-ring (bicyclic) bond motifs is 2. The molecular weight excluding hydrogens is 897 g/mol. The molecule has 2 atom stereocenters. The van der Waals surface area contributed by atoms with Crippen LogP contribution in [0.25, 0.3) is 33.6 Å². The molecule has 0 saturated carbocycles. The average molecular weight is 957 g/mol. The summed E-state index contributed by atoms with van der Waals surface area (Å²) < 4.78 is 22.3. The fraction of sp³-hybridized carbons (Fsp3) is 0.357. The van der Waals surface area contributed by atoms with E-state index in [0.717, 1.165) is 72.4 Å². The second-order valence-electron chi connectivity index (χ2n) is 20.1. The van der Waals surface area contributed by atoms with E-state index in [9.17, 15) is 19.2 Å². The molecule has 2 fully saturated rings. The Bertz CT molecular complexity index is 3010. The number of benzene rings is 4. The molecule has 366 valence electrons. The van der Waals surface area contributed by atoms with Gasteiger partial charge in [0.25, 0.3) is 11.8 Å². The quantitative estimate of drug-likeness (QED) is 0.112. The fourth-order valence-electron chi connectivity index (χ4n) is 11.1. The molecule has 2 unspecified atom stereocenters. The van der Waals surface area contributed by atoms with E-state index in [1.165, 1.54) is 6.08 Å². The minimum Gasteiger partial charge on any atom is -0.457 e. The lowest BCUT2D eigenvalue weighted by Crippen LogP contribution is -2.42. The van der Waals surface area contributed by atoms with Gasteiger partial charge in [0.05, 0.1) is 0 Å². The van der Waals surface area contributed by atoms with Gasteiger partial charge < -0.3 is 44.6 Å². The van der Waals surface area contributed by atoms with Crippen molar-refractivity contribution in [3.63, 3.8) is 0 Å². The van der Waals surface area contributed by atoms with Crippen LogP contribution >= 0.6 is 0 Å². The minimum atomic E-state index is -0.542. The summed E-state index contributed by atoms with van der Waals surface area (Å²) in [5.74, 6) is 4.30. The average Bonchev–Trinajstić information content (AvgIpc) is 4.15. The lowest BCUT2D eigenvalue weighted by molar-refractivity contribution is -0.127. The zero-order valence-electron chi connectivity index (χ0n) is 40.5. The lowest BCUT2D eigenvalue weighted by atomic mass is 9.83. The van der Waals surface area contributed by atoms with Gasteiger partial charge in [0.15, 0.2) is 0 Å². The van der Waals surface area contributed by atoms with Gasteiger partial charge in [0.2, 0.25) is 5.91 Å². The van der Waals surface area contributed by atoms with Crippen LogP contribution in [0.1, 0.15) is 104 Å². The van der Waals surface area contributed by atoms with Crippen molar-refractivity contribution in [1.29, 1.82) is 0 Å². The van der Waals surface area contributed by atoms with Crippen molar-refractivity contribution >= 4 is 23.8 Å². The summed E-state index contributed by atoms with van der Waals surface area (Å²) >= 11 is 0. The van der Waals surface area contributed by atoms with Crippen molar-refractivity contribution in [2.45, 2.75) is 89.8 Å². The summed E-state index contributed by atoms with van der Waals surface area (Å²) in [5.41, 5.74) is 16.8. The van der Waals surface area contributed by atoms with Crippen LogP contribution < -0.4 is 20.9 Å². The molecule has 10 rings (SSSR count). The number of carbonyl (C=O) groups excluding carboxylic acids is 4. The third-order valence-electron chi connectivity index (χ3n) is 14.5. The zero-order chi connectivity index (χ0) is 49.6. The number of nitrogens with two attached hydrogens (primary N) is 2. The van der Waals surface area contributed by atoms with Crippen LogP contribution in [0.4, 0.5) is 4.79 Å². The summed E-state index contributed by atoms with van der Waals surface area (Å²) in [7, 11) is 0. The standard InChI is InChI=1S/C56H60N8O7/c1-5-46(65)61-26-20-34(21-27-61)44-24-30-63-49(51(57)66)47(59-53(44)63)36-12-16-40(17-13-36)69-42-10-6-8-38(32-42)39-9-7-11-43(33-39)70-41-18-14-37(15-19-41)48-50(52(58)67)64-31-25-45(54(64)60-48)35-22-28-62(29-23-35)55(68)71-56(2,3)4/h5-19,32-35,44-45H,1,20-31H2,2-4H3,(H2,57,66)(H2,58,67). The first-order valence-electron chi connectivity index (χ1n) is 24.7. The molecule has 15 heteroatoms. The van der Waals surface area contributed by atoms with Gasteiger partial charge in [0, 0.05) is 62.2 Å². The van der Waals surface area contributed by atoms with Crippen LogP contribution in [-0.2, 0) is 22.6 Å². The number of aromatic nitrogens is 4. The van der Waals surface area contributed by atoms with Crippen LogP contribution in [-0.4, -0.2) is 84.5 Å². The second kappa shape index (κ2) is 19.3. The Kier molecular flexibility index (Phi) is 12.8. The molecule has 2 aromatic heterocycles. The lowest BCUT2D eigenvalue weighted by Gasteiger charge is -2.35. The maximum atomic E-state index is 12.9. The van der Waals surface area contributed by atoms with Crippen molar-refractivity contribution in [2.75, 3.05) is 26.2 Å². The highest BCUT2D eigenvalue weighted by molar-refractivity contribution is 5.98. The molecule has 0 spiro atoms. The summed E-state index contributed by atoms with van der Waals surface area (Å²) in [6, 6.07) is 30.7. The van der Waals surface area contributed by atoms with E-state index in [1.807, 2.05) is 132 Å². The molecule has 0 radical (unpaired) electrons. The maximum absolute atomic E-state index is 12.9. The first kappa shape index (κ1) is 47.0. The number of piperidine rings is 2. The molecule has 4 N–H and O–H groups in total. The first-order valence-corrected chi connectivity index (χ1v) is 24.7. The molecule has 6 aromatic rings. The number of likely N-dealkylation sites (tertiary alicyclic amines) is 2. The Morgan fingerprint density at radius 1 is 0.563 bits per heavy atom. The van der Waals surface area contributed by atoms with E-state index in [4.69, 9.17) is 35.6 Å². The maximum Gasteiger partial charge on any atom is 0.410 e. The van der Waals surface area contributed by atoms with E-state index in [0.29, 0.717) is 96.9 Å². The van der Waals surface area contributed by atoms with E-state index < -0.39 is 17.4 Å². The first-order chi connectivity index (χ1) is 34.2. The summed E-state index contributed by atoms with van der Waals surface area (Å²) in [4.78, 5) is 64.4. The number of nitrogens with zero attached hydrogens (tertiary/aromatic N) is 6. The van der Waals surface area contributed by atoms with Crippen LogP contribution in [0, 0.1) is 11.8 Å². The zero-order valence-corrected chi connectivity index (χ0v) is 40.5. The van der Waals surface area contributed by atoms with Crippen LogP contribution in [0.3, 0.4) is 0 Å². The molecule has 15 nitrogen and oxygen atoms in total. The summed E-state index contributed by atoms with van der Waals surface area (Å²) in [5, 5.41) is 0. The molecule has 4 aliphatic rings. The van der Waals surface area contributed by atoms with Crippen molar-refractivity contribution in [3.05, 3.63) is 133 Å². The number of hydrogen-bond donors (Lipinski definition) is 2. The van der Waals surface area contributed by atoms with Gasteiger partial charge in [-0.25, -0.2) is 14.8 Å². The molecule has 4 aromatic carbocycles. The monoisotopic (exact) mass is 956 g/mol. The van der Waals surface area contributed by atoms with Gasteiger partial charge in [-0.1, -0.05) is 30.8 Å². The SMILES string of the molecule is C=CC(=O)N1CCC(C2CCn3c2nc(-c2ccc(Oc4cccc(-c5cccc(Oc6ccc(-c7nc8n(c7C(N)=O)CCC8C7CCN(C(=O)OC(C)(C)C)CC7)cc6)c5)c4)cc2)c3C(N)=O)CC1. The summed E-state index contributed by atoms with van der Waals surface area (Å²) in [6.07, 6.45) is 6.29. The van der Waals surface area contributed by atoms with Gasteiger partial charge in [-0.2, -0.15) is 0 Å². The smallest absolute Gasteiger partial charge is 0.410 e. The predicted octanol–water partition coefficient (Wildman–Crippen LogP) is 9.91. The normalized spacial score (nSPS) is 18.2. The Morgan fingerprint density at radius 3 is 1.38 bits per heavy atom. The van der Waals surface area contributed by atoms with Gasteiger partial charge >= 0.3 is 6.09 Å². The largest absolute Gasteiger partial charge is 0.457 e. The third kappa shape index (κ3) is 9.65. The molecule has 0 aliphatic carbocycles. The van der Waals surface area contributed by atoms with Crippen molar-refractivity contribution in [3.8, 4) is 56.6 Å². The highest BCUT2D eigenvalue weighted by atomic mass is 16.6. The molecule has 4 aliphatic heterocycles. The number of hydrogen-bond acceptors (Lipinski definition) is 9. The van der Waals surface area contributed by atoms with E-state index in [1.54, 1.807) is 4.90 Å². The van der Waals surface area contributed by atoms with Crippen molar-refractivity contribution in [1.82, 2.24) is 28.9 Å². The number of carbonyl (C=O) groups is 4. The number of ether oxygens (including phenoxy) is 3. The summed E-state index contributed by atoms with van der Waals surface area (Å²) in [6.45, 7) is 13.2. The van der Waals surface area contributed by atoms with Gasteiger partial charge in [0.1, 0.15) is 63.0 Å². The Balaban J connectivity index is 0.787. The highest BCUT2D eigenvalue weighted by Gasteiger charge is 2.40. The molecule has 2 saturated heterocycles. The van der Waals surface area contributed by atoms with Gasteiger partial charge in [-0.15, -0.1) is 0 Å². The van der Waals surface area contributed by atoms with Crippen LogP contribution in [0.15, 0.2) is 110 Å². The topological polar surface area (TPSA) is 190 Å². The molecular formula is C56H60N8O7. The molecule has 4 amide bonds. The second-order valence-corrected chi connectivity index (χ2v) is 20.1. The third-order valence-corrected chi connectivity index (χ3v) is 14.5. The van der Waals surface area contributed by atoms with Crippen LogP contribution in [0.5, 0.6) is 23.0 Å². The Morgan fingerprint density at radius 2 is 0.986 bits per heavy atom. The highest BCUT2D eigenvalue weighted by Crippen LogP contribution is 2.44.